The van der Waals surface area contributed by atoms with E-state index in [4.69, 9.17) is 4.74 Å². The van der Waals surface area contributed by atoms with Crippen LogP contribution in [0.15, 0.2) is 18.2 Å². The summed E-state index contributed by atoms with van der Waals surface area (Å²) in [6.07, 6.45) is 2.03. The van der Waals surface area contributed by atoms with Crippen LogP contribution in [0.25, 0.3) is 0 Å². The van der Waals surface area contributed by atoms with Crippen LogP contribution < -0.4 is 4.74 Å². The molecule has 2 rings (SSSR count). The Morgan fingerprint density at radius 1 is 1.37 bits per heavy atom. The zero-order valence-electron chi connectivity index (χ0n) is 12.3. The first-order valence-corrected chi connectivity index (χ1v) is 7.01. The number of hydrogen-bond donors (Lipinski definition) is 0. The molecular formula is C16H23NO2. The molecule has 3 heteroatoms. The lowest BCUT2D eigenvalue weighted by atomic mass is 10.0. The number of carbonyl (C=O) groups is 1. The van der Waals surface area contributed by atoms with Crippen LogP contribution in [0.4, 0.5) is 0 Å². The molecule has 0 saturated carbocycles. The predicted molar refractivity (Wildman–Crippen MR) is 76.7 cm³/mol. The van der Waals surface area contributed by atoms with E-state index in [0.717, 1.165) is 42.9 Å². The Labute approximate surface area is 115 Å². The van der Waals surface area contributed by atoms with Gasteiger partial charge in [-0.3, -0.25) is 4.79 Å². The van der Waals surface area contributed by atoms with Crippen molar-refractivity contribution in [3.63, 3.8) is 0 Å². The van der Waals surface area contributed by atoms with Crippen LogP contribution in [-0.2, 0) is 6.42 Å². The summed E-state index contributed by atoms with van der Waals surface area (Å²) < 4.78 is 5.59. The fraction of sp³-hybridized carbons (Fsp3) is 0.562. The van der Waals surface area contributed by atoms with Crippen LogP contribution >= 0.6 is 0 Å². The topological polar surface area (TPSA) is 29.5 Å². The lowest BCUT2D eigenvalue weighted by molar-refractivity contribution is 0.0598. The summed E-state index contributed by atoms with van der Waals surface area (Å²) in [6, 6.07) is 5.80. The first-order chi connectivity index (χ1) is 8.93. The van der Waals surface area contributed by atoms with Crippen molar-refractivity contribution in [2.45, 2.75) is 46.1 Å². The van der Waals surface area contributed by atoms with Gasteiger partial charge in [-0.15, -0.1) is 0 Å². The van der Waals surface area contributed by atoms with Gasteiger partial charge < -0.3 is 9.64 Å². The summed E-state index contributed by atoms with van der Waals surface area (Å²) >= 11 is 0. The zero-order valence-corrected chi connectivity index (χ0v) is 12.3. The zero-order chi connectivity index (χ0) is 14.0. The number of aryl methyl sites for hydroxylation is 1. The molecule has 0 aromatic heterocycles. The third kappa shape index (κ3) is 2.91. The van der Waals surface area contributed by atoms with E-state index in [2.05, 4.69) is 20.8 Å². The summed E-state index contributed by atoms with van der Waals surface area (Å²) in [5.41, 5.74) is 1.76. The van der Waals surface area contributed by atoms with Gasteiger partial charge in [-0.25, -0.2) is 0 Å². The molecule has 1 amide bonds. The monoisotopic (exact) mass is 261 g/mol. The Hall–Kier alpha value is -1.51. The maximum absolute atomic E-state index is 12.6. The molecule has 1 aliphatic rings. The van der Waals surface area contributed by atoms with Crippen LogP contribution in [0.1, 0.15) is 50.0 Å². The van der Waals surface area contributed by atoms with E-state index in [-0.39, 0.29) is 11.4 Å². The SMILES string of the molecule is CCN(C(=O)c1ccc2c(c1)CCCO2)C(C)(C)C. The number of carbonyl (C=O) groups excluding carboxylic acids is 1. The van der Waals surface area contributed by atoms with Crippen LogP contribution in [0.5, 0.6) is 5.75 Å². The molecule has 0 radical (unpaired) electrons. The average Bonchev–Trinajstić information content (AvgIpc) is 2.37. The van der Waals surface area contributed by atoms with Crippen molar-refractivity contribution < 1.29 is 9.53 Å². The molecule has 0 unspecified atom stereocenters. The van der Waals surface area contributed by atoms with Gasteiger partial charge in [-0.05, 0) is 64.3 Å². The van der Waals surface area contributed by atoms with Gasteiger partial charge in [0.2, 0.25) is 0 Å². The molecule has 0 aliphatic carbocycles. The Balaban J connectivity index is 2.28. The molecule has 104 valence electrons. The number of ether oxygens (including phenoxy) is 1. The second-order valence-electron chi connectivity index (χ2n) is 5.99. The van der Waals surface area contributed by atoms with Gasteiger partial charge in [-0.1, -0.05) is 0 Å². The number of hydrogen-bond acceptors (Lipinski definition) is 2. The summed E-state index contributed by atoms with van der Waals surface area (Å²) in [4.78, 5) is 14.5. The smallest absolute Gasteiger partial charge is 0.254 e. The number of fused-ring (bicyclic) bond motifs is 1. The van der Waals surface area contributed by atoms with E-state index < -0.39 is 0 Å². The van der Waals surface area contributed by atoms with Crippen molar-refractivity contribution in [1.29, 1.82) is 0 Å². The average molecular weight is 261 g/mol. The molecule has 1 aliphatic heterocycles. The molecule has 1 heterocycles. The fourth-order valence-electron chi connectivity index (χ4n) is 2.57. The van der Waals surface area contributed by atoms with E-state index >= 15 is 0 Å². The van der Waals surface area contributed by atoms with Gasteiger partial charge in [-0.2, -0.15) is 0 Å². The lowest BCUT2D eigenvalue weighted by Gasteiger charge is -2.35. The van der Waals surface area contributed by atoms with Crippen molar-refractivity contribution >= 4 is 5.91 Å². The lowest BCUT2D eigenvalue weighted by Crippen LogP contribution is -2.45. The molecule has 0 spiro atoms. The second-order valence-corrected chi connectivity index (χ2v) is 5.99. The van der Waals surface area contributed by atoms with Gasteiger partial charge in [0.15, 0.2) is 0 Å². The van der Waals surface area contributed by atoms with E-state index in [9.17, 15) is 4.79 Å². The third-order valence-electron chi connectivity index (χ3n) is 3.53. The Morgan fingerprint density at radius 2 is 2.11 bits per heavy atom. The van der Waals surface area contributed by atoms with Crippen LogP contribution in [-0.4, -0.2) is 29.5 Å². The van der Waals surface area contributed by atoms with Crippen molar-refractivity contribution in [2.75, 3.05) is 13.2 Å². The van der Waals surface area contributed by atoms with Gasteiger partial charge >= 0.3 is 0 Å². The predicted octanol–water partition coefficient (Wildman–Crippen LogP) is 3.27. The summed E-state index contributed by atoms with van der Waals surface area (Å²) in [6.45, 7) is 9.71. The Kier molecular flexibility index (Phi) is 3.83. The maximum Gasteiger partial charge on any atom is 0.254 e. The Morgan fingerprint density at radius 3 is 2.74 bits per heavy atom. The van der Waals surface area contributed by atoms with Crippen molar-refractivity contribution in [3.05, 3.63) is 29.3 Å². The van der Waals surface area contributed by atoms with Gasteiger partial charge in [0, 0.05) is 17.6 Å². The van der Waals surface area contributed by atoms with E-state index in [0.29, 0.717) is 0 Å². The largest absolute Gasteiger partial charge is 0.493 e. The fourth-order valence-corrected chi connectivity index (χ4v) is 2.57. The Bertz CT molecular complexity index is 474. The highest BCUT2D eigenvalue weighted by Crippen LogP contribution is 2.27. The van der Waals surface area contributed by atoms with Crippen molar-refractivity contribution in [2.24, 2.45) is 0 Å². The normalized spacial score (nSPS) is 14.5. The number of nitrogens with zero attached hydrogens (tertiary/aromatic N) is 1. The minimum Gasteiger partial charge on any atom is -0.493 e. The van der Waals surface area contributed by atoms with E-state index in [1.165, 1.54) is 0 Å². The molecule has 0 bridgehead atoms. The summed E-state index contributed by atoms with van der Waals surface area (Å²) in [5.74, 6) is 1.03. The van der Waals surface area contributed by atoms with E-state index in [1.807, 2.05) is 30.0 Å². The number of benzene rings is 1. The molecule has 0 saturated heterocycles. The van der Waals surface area contributed by atoms with Crippen LogP contribution in [0.3, 0.4) is 0 Å². The summed E-state index contributed by atoms with van der Waals surface area (Å²) in [7, 11) is 0. The first kappa shape index (κ1) is 13.9. The molecule has 0 fully saturated rings. The van der Waals surface area contributed by atoms with Crippen molar-refractivity contribution in [3.8, 4) is 5.75 Å². The third-order valence-corrected chi connectivity index (χ3v) is 3.53. The number of amides is 1. The maximum atomic E-state index is 12.6. The van der Waals surface area contributed by atoms with Crippen LogP contribution in [0.2, 0.25) is 0 Å². The van der Waals surface area contributed by atoms with Gasteiger partial charge in [0.05, 0.1) is 6.61 Å². The van der Waals surface area contributed by atoms with Crippen LogP contribution in [0, 0.1) is 0 Å². The molecule has 1 aromatic rings. The molecule has 1 aromatic carbocycles. The van der Waals surface area contributed by atoms with E-state index in [1.54, 1.807) is 0 Å². The molecule has 19 heavy (non-hydrogen) atoms. The highest BCUT2D eigenvalue weighted by atomic mass is 16.5. The minimum absolute atomic E-state index is 0.100. The molecule has 0 atom stereocenters. The van der Waals surface area contributed by atoms with Gasteiger partial charge in [0.25, 0.3) is 5.91 Å². The van der Waals surface area contributed by atoms with Crippen molar-refractivity contribution in [1.82, 2.24) is 4.90 Å². The second kappa shape index (κ2) is 5.24. The highest BCUT2D eigenvalue weighted by Gasteiger charge is 2.26. The minimum atomic E-state index is -0.155. The van der Waals surface area contributed by atoms with Gasteiger partial charge in [0.1, 0.15) is 5.75 Å². The summed E-state index contributed by atoms with van der Waals surface area (Å²) in [5, 5.41) is 0. The molecule has 0 N–H and O–H groups in total. The molecule has 3 nitrogen and oxygen atoms in total. The number of rotatable bonds is 2. The highest BCUT2D eigenvalue weighted by molar-refractivity contribution is 5.95. The standard InChI is InChI=1S/C16H23NO2/c1-5-17(16(2,3)4)15(18)13-8-9-14-12(11-13)7-6-10-19-14/h8-9,11H,5-7,10H2,1-4H3. The quantitative estimate of drug-likeness (QED) is 0.817. The molecular weight excluding hydrogens is 238 g/mol. The first-order valence-electron chi connectivity index (χ1n) is 7.01.